The maximum atomic E-state index is 12.9. The molecule has 9 nitrogen and oxygen atoms in total. The zero-order chi connectivity index (χ0) is 20.1. The number of rotatable bonds is 7. The summed E-state index contributed by atoms with van der Waals surface area (Å²) in [5, 5.41) is 9.03. The minimum atomic E-state index is -0.386. The maximum absolute atomic E-state index is 12.9. The smallest absolute Gasteiger partial charge is 0.254 e. The van der Waals surface area contributed by atoms with Crippen molar-refractivity contribution in [2.75, 3.05) is 51.1 Å². The van der Waals surface area contributed by atoms with Crippen LogP contribution in [0.3, 0.4) is 0 Å². The first kappa shape index (κ1) is 20.2. The standard InChI is InChI=1S/C17H21N5O4S2/c1-25-12-7-11(8-13(9-12)26-2)15(24)21-3-5-22(6-4-21)16-19-20-17(28-16)27-10-14(18)23/h7-9H,3-6,10H2,1-2H3,(H2,18,23). The number of hydrogen-bond donors (Lipinski definition) is 1. The molecule has 0 saturated carbocycles. The van der Waals surface area contributed by atoms with Crippen LogP contribution in [0.4, 0.5) is 5.13 Å². The summed E-state index contributed by atoms with van der Waals surface area (Å²) in [7, 11) is 3.11. The first-order chi connectivity index (χ1) is 13.5. The molecule has 0 atom stereocenters. The van der Waals surface area contributed by atoms with Crippen LogP contribution in [0, 0.1) is 0 Å². The van der Waals surface area contributed by atoms with Gasteiger partial charge in [-0.05, 0) is 12.1 Å². The van der Waals surface area contributed by atoms with Crippen LogP contribution in [0.1, 0.15) is 10.4 Å². The van der Waals surface area contributed by atoms with E-state index in [1.54, 1.807) is 37.3 Å². The fraction of sp³-hybridized carbons (Fsp3) is 0.412. The van der Waals surface area contributed by atoms with Gasteiger partial charge in [0, 0.05) is 37.8 Å². The van der Waals surface area contributed by atoms with E-state index in [1.807, 2.05) is 0 Å². The molecule has 0 unspecified atom stereocenters. The van der Waals surface area contributed by atoms with Crippen molar-refractivity contribution in [3.05, 3.63) is 23.8 Å². The van der Waals surface area contributed by atoms with E-state index in [4.69, 9.17) is 15.2 Å². The lowest BCUT2D eigenvalue weighted by molar-refractivity contribution is -0.115. The van der Waals surface area contributed by atoms with Gasteiger partial charge >= 0.3 is 0 Å². The van der Waals surface area contributed by atoms with Crippen LogP contribution in [0.5, 0.6) is 11.5 Å². The molecule has 3 rings (SSSR count). The number of carbonyl (C=O) groups is 2. The Balaban J connectivity index is 1.61. The molecule has 0 spiro atoms. The van der Waals surface area contributed by atoms with Gasteiger partial charge in [0.05, 0.1) is 20.0 Å². The second-order valence-corrected chi connectivity index (χ2v) is 8.16. The van der Waals surface area contributed by atoms with Crippen LogP contribution in [0.25, 0.3) is 0 Å². The average molecular weight is 424 g/mol. The summed E-state index contributed by atoms with van der Waals surface area (Å²) in [5.41, 5.74) is 5.68. The van der Waals surface area contributed by atoms with Crippen molar-refractivity contribution < 1.29 is 19.1 Å². The summed E-state index contributed by atoms with van der Waals surface area (Å²) in [6.45, 7) is 2.45. The molecule has 28 heavy (non-hydrogen) atoms. The molecule has 2 heterocycles. The lowest BCUT2D eigenvalue weighted by Gasteiger charge is -2.34. The van der Waals surface area contributed by atoms with E-state index < -0.39 is 0 Å². The normalized spacial score (nSPS) is 14.1. The van der Waals surface area contributed by atoms with Crippen LogP contribution in [-0.4, -0.2) is 73.1 Å². The van der Waals surface area contributed by atoms with Crippen LogP contribution >= 0.6 is 23.1 Å². The molecule has 11 heteroatoms. The molecule has 2 N–H and O–H groups in total. The Morgan fingerprint density at radius 3 is 2.32 bits per heavy atom. The Hall–Kier alpha value is -2.53. The van der Waals surface area contributed by atoms with Crippen molar-refractivity contribution in [3.63, 3.8) is 0 Å². The van der Waals surface area contributed by atoms with Crippen molar-refractivity contribution in [3.8, 4) is 11.5 Å². The lowest BCUT2D eigenvalue weighted by Crippen LogP contribution is -2.48. The molecule has 2 aromatic rings. The van der Waals surface area contributed by atoms with Crippen LogP contribution < -0.4 is 20.1 Å². The Bertz CT molecular complexity index is 830. The molecule has 1 aliphatic rings. The average Bonchev–Trinajstić information content (AvgIpc) is 3.20. The van der Waals surface area contributed by atoms with Crippen molar-refractivity contribution in [2.45, 2.75) is 4.34 Å². The fourth-order valence-corrected chi connectivity index (χ4v) is 4.37. The zero-order valence-corrected chi connectivity index (χ0v) is 17.2. The number of amides is 2. The van der Waals surface area contributed by atoms with Gasteiger partial charge in [-0.2, -0.15) is 0 Å². The molecule has 1 aromatic heterocycles. The first-order valence-electron chi connectivity index (χ1n) is 8.52. The quantitative estimate of drug-likeness (QED) is 0.659. The largest absolute Gasteiger partial charge is 0.497 e. The van der Waals surface area contributed by atoms with E-state index in [0.29, 0.717) is 47.6 Å². The zero-order valence-electron chi connectivity index (χ0n) is 15.6. The molecule has 1 aromatic carbocycles. The first-order valence-corrected chi connectivity index (χ1v) is 10.3. The monoisotopic (exact) mass is 423 g/mol. The molecule has 0 aliphatic carbocycles. The van der Waals surface area contributed by atoms with Gasteiger partial charge in [0.15, 0.2) is 4.34 Å². The second-order valence-electron chi connectivity index (χ2n) is 5.99. The van der Waals surface area contributed by atoms with Gasteiger partial charge in [-0.1, -0.05) is 23.1 Å². The molecule has 2 amide bonds. The highest BCUT2D eigenvalue weighted by atomic mass is 32.2. The number of benzene rings is 1. The van der Waals surface area contributed by atoms with E-state index in [9.17, 15) is 9.59 Å². The Morgan fingerprint density at radius 2 is 1.75 bits per heavy atom. The van der Waals surface area contributed by atoms with Gasteiger partial charge in [0.2, 0.25) is 11.0 Å². The van der Waals surface area contributed by atoms with Crippen molar-refractivity contribution in [1.29, 1.82) is 0 Å². The Morgan fingerprint density at radius 1 is 1.11 bits per heavy atom. The van der Waals surface area contributed by atoms with Crippen LogP contribution in [0.15, 0.2) is 22.5 Å². The fourth-order valence-electron chi connectivity index (χ4n) is 2.74. The number of aromatic nitrogens is 2. The molecule has 1 saturated heterocycles. The third kappa shape index (κ3) is 4.84. The second kappa shape index (κ2) is 9.11. The number of primary amides is 1. The van der Waals surface area contributed by atoms with Gasteiger partial charge in [-0.15, -0.1) is 10.2 Å². The predicted octanol–water partition coefficient (Wildman–Crippen LogP) is 1.10. The van der Waals surface area contributed by atoms with E-state index >= 15 is 0 Å². The van der Waals surface area contributed by atoms with Crippen LogP contribution in [0.2, 0.25) is 0 Å². The van der Waals surface area contributed by atoms with E-state index in [-0.39, 0.29) is 17.6 Å². The number of nitrogens with zero attached hydrogens (tertiary/aromatic N) is 4. The van der Waals surface area contributed by atoms with Gasteiger partial charge in [0.25, 0.3) is 5.91 Å². The number of methoxy groups -OCH3 is 2. The highest BCUT2D eigenvalue weighted by Crippen LogP contribution is 2.29. The van der Waals surface area contributed by atoms with Gasteiger partial charge in [-0.3, -0.25) is 9.59 Å². The lowest BCUT2D eigenvalue weighted by atomic mass is 10.1. The van der Waals surface area contributed by atoms with E-state index in [1.165, 1.54) is 23.1 Å². The summed E-state index contributed by atoms with van der Waals surface area (Å²) in [6.07, 6.45) is 0. The number of anilines is 1. The number of nitrogens with two attached hydrogens (primary N) is 1. The highest BCUT2D eigenvalue weighted by Gasteiger charge is 2.25. The molecule has 150 valence electrons. The molecule has 0 bridgehead atoms. The molecular weight excluding hydrogens is 402 g/mol. The molecule has 1 fully saturated rings. The third-order valence-electron chi connectivity index (χ3n) is 4.17. The van der Waals surface area contributed by atoms with Crippen LogP contribution in [-0.2, 0) is 4.79 Å². The minimum Gasteiger partial charge on any atom is -0.497 e. The number of hydrogen-bond acceptors (Lipinski definition) is 9. The van der Waals surface area contributed by atoms with Gasteiger partial charge in [0.1, 0.15) is 11.5 Å². The number of carbonyl (C=O) groups excluding carboxylic acids is 2. The number of piperazine rings is 1. The predicted molar refractivity (Wildman–Crippen MR) is 107 cm³/mol. The summed E-state index contributed by atoms with van der Waals surface area (Å²) >= 11 is 2.70. The Labute approximate surface area is 170 Å². The summed E-state index contributed by atoms with van der Waals surface area (Å²) in [4.78, 5) is 27.6. The summed E-state index contributed by atoms with van der Waals surface area (Å²) < 4.78 is 11.2. The molecule has 1 aliphatic heterocycles. The van der Waals surface area contributed by atoms with E-state index in [0.717, 1.165) is 5.13 Å². The maximum Gasteiger partial charge on any atom is 0.254 e. The van der Waals surface area contributed by atoms with Crippen molar-refractivity contribution in [2.24, 2.45) is 5.73 Å². The van der Waals surface area contributed by atoms with Gasteiger partial charge in [-0.25, -0.2) is 0 Å². The minimum absolute atomic E-state index is 0.0631. The third-order valence-corrected chi connectivity index (χ3v) is 6.31. The summed E-state index contributed by atoms with van der Waals surface area (Å²) in [6, 6.07) is 5.16. The SMILES string of the molecule is COc1cc(OC)cc(C(=O)N2CCN(c3nnc(SCC(N)=O)s3)CC2)c1. The van der Waals surface area contributed by atoms with Gasteiger partial charge < -0.3 is 25.0 Å². The van der Waals surface area contributed by atoms with E-state index in [2.05, 4.69) is 15.1 Å². The number of thioether (sulfide) groups is 1. The molecule has 0 radical (unpaired) electrons. The topological polar surface area (TPSA) is 111 Å². The summed E-state index contributed by atoms with van der Waals surface area (Å²) in [5.74, 6) is 0.892. The number of ether oxygens (including phenoxy) is 2. The van der Waals surface area contributed by atoms with Crippen molar-refractivity contribution >= 4 is 40.0 Å². The Kier molecular flexibility index (Phi) is 6.57. The molecular formula is C17H21N5O4S2. The highest BCUT2D eigenvalue weighted by molar-refractivity contribution is 8.01. The van der Waals surface area contributed by atoms with Crippen molar-refractivity contribution in [1.82, 2.24) is 15.1 Å².